The van der Waals surface area contributed by atoms with E-state index in [9.17, 15) is 0 Å². The zero-order valence-electron chi connectivity index (χ0n) is 10.7. The van der Waals surface area contributed by atoms with Crippen LogP contribution in [0, 0.1) is 13.8 Å². The molecule has 0 spiro atoms. The maximum atomic E-state index is 4.94. The van der Waals surface area contributed by atoms with Crippen LogP contribution in [-0.4, -0.2) is 31.4 Å². The van der Waals surface area contributed by atoms with Gasteiger partial charge in [0.2, 0.25) is 0 Å². The Labute approximate surface area is 131 Å². The fourth-order valence-electron chi connectivity index (χ4n) is 1.85. The van der Waals surface area contributed by atoms with E-state index in [2.05, 4.69) is 44.9 Å². The second kappa shape index (κ2) is 10.8. The van der Waals surface area contributed by atoms with Crippen LogP contribution in [0.1, 0.15) is 29.5 Å². The molecule has 94 valence electrons. The van der Waals surface area contributed by atoms with Gasteiger partial charge in [-0.2, -0.15) is 0 Å². The molecule has 0 saturated carbocycles. The van der Waals surface area contributed by atoms with E-state index in [1.54, 1.807) is 5.56 Å². The highest BCUT2D eigenvalue weighted by Gasteiger charge is 2.01. The maximum absolute atomic E-state index is 4.94. The number of hydrogen-bond acceptors (Lipinski definition) is 1. The van der Waals surface area contributed by atoms with Crippen molar-refractivity contribution in [2.45, 2.75) is 31.2 Å². The molecule has 1 heterocycles. The van der Waals surface area contributed by atoms with E-state index in [-0.39, 0.29) is 35.2 Å². The van der Waals surface area contributed by atoms with E-state index in [0.717, 1.165) is 13.2 Å². The third kappa shape index (κ3) is 7.16. The zero-order chi connectivity index (χ0) is 11.8. The van der Waals surface area contributed by atoms with Crippen molar-refractivity contribution in [1.29, 1.82) is 0 Å². The van der Waals surface area contributed by atoms with Crippen LogP contribution >= 0.6 is 29.9 Å². The van der Waals surface area contributed by atoms with Crippen molar-refractivity contribution in [2.24, 2.45) is 0 Å². The van der Waals surface area contributed by atoms with Gasteiger partial charge in [-0.25, -0.2) is 0 Å². The first-order valence-corrected chi connectivity index (χ1v) is 10.8. The Morgan fingerprint density at radius 1 is 1.18 bits per heavy atom. The van der Waals surface area contributed by atoms with Crippen LogP contribution in [0.4, 0.5) is 0 Å². The van der Waals surface area contributed by atoms with E-state index in [1.165, 1.54) is 28.5 Å². The standard InChI is InChI=1S/C9H11.C4H8O.2BrH.Mg/c1-7-5-4-6-8(2)9(7)3;1-2-4-5-3-1;;;/h4-6H,3H2,1-2H3;1-4H2;2*1H;/q;;;;+1/p-1. The van der Waals surface area contributed by atoms with Crippen LogP contribution in [0.5, 0.6) is 0 Å². The van der Waals surface area contributed by atoms with E-state index >= 15 is 0 Å². The molecule has 1 fully saturated rings. The third-order valence-corrected chi connectivity index (χ3v) is 4.69. The highest BCUT2D eigenvalue weighted by molar-refractivity contribution is 9.23. The molecule has 0 bridgehead atoms. The van der Waals surface area contributed by atoms with Gasteiger partial charge < -0.3 is 17.6 Å². The van der Waals surface area contributed by atoms with Crippen molar-refractivity contribution in [2.75, 3.05) is 13.2 Å². The molecule has 0 unspecified atom stereocenters. The molecule has 1 aliphatic rings. The summed E-state index contributed by atoms with van der Waals surface area (Å²) in [5.74, 6) is 0. The maximum Gasteiger partial charge on any atom is 0.473 e. The Kier molecular flexibility index (Phi) is 11.4. The first-order chi connectivity index (χ1) is 7.75. The molecule has 1 aliphatic heterocycles. The lowest BCUT2D eigenvalue weighted by atomic mass is 10.1. The highest BCUT2D eigenvalue weighted by atomic mass is 79.9. The summed E-state index contributed by atoms with van der Waals surface area (Å²) in [5, 5.41) is 0. The summed E-state index contributed by atoms with van der Waals surface area (Å²) in [5.41, 5.74) is 4.44. The lowest BCUT2D eigenvalue weighted by Gasteiger charge is -2.06. The van der Waals surface area contributed by atoms with Crippen molar-refractivity contribution in [3.05, 3.63) is 34.9 Å². The Balaban J connectivity index is 0.000000360. The van der Waals surface area contributed by atoms with Gasteiger partial charge in [0, 0.05) is 13.2 Å². The average Bonchev–Trinajstić information content (AvgIpc) is 2.82. The van der Waals surface area contributed by atoms with Crippen molar-refractivity contribution >= 4 is 48.1 Å². The first kappa shape index (κ1) is 17.9. The summed E-state index contributed by atoms with van der Waals surface area (Å²) in [6.07, 6.45) is 2.56. The molecule has 0 atom stereocenters. The SMILES string of the molecule is Br.C1CCOC1.Cc1cccc(C)c1[CH2][Mg][Br]. The quantitative estimate of drug-likeness (QED) is 0.704. The van der Waals surface area contributed by atoms with Gasteiger partial charge in [-0.3, -0.25) is 0 Å². The molecule has 0 aliphatic carbocycles. The smallest absolute Gasteiger partial charge is 0.381 e. The third-order valence-electron chi connectivity index (χ3n) is 2.82. The van der Waals surface area contributed by atoms with Gasteiger partial charge in [0.05, 0.1) is 0 Å². The van der Waals surface area contributed by atoms with Gasteiger partial charge in [-0.05, 0) is 37.8 Å². The lowest BCUT2D eigenvalue weighted by molar-refractivity contribution is 0.198. The molecule has 1 aromatic rings. The second-order valence-electron chi connectivity index (χ2n) is 4.13. The molecule has 0 amide bonds. The summed E-state index contributed by atoms with van der Waals surface area (Å²) < 4.78 is 6.22. The first-order valence-electron chi connectivity index (χ1n) is 5.94. The van der Waals surface area contributed by atoms with Crippen LogP contribution < -0.4 is 0 Å². The molecule has 1 nitrogen and oxygen atoms in total. The van der Waals surface area contributed by atoms with Crippen LogP contribution in [0.2, 0.25) is 0 Å². The highest BCUT2D eigenvalue weighted by Crippen LogP contribution is 2.13. The number of aryl methyl sites for hydroxylation is 2. The number of hydrogen-bond donors (Lipinski definition) is 0. The molecule has 1 aromatic carbocycles. The summed E-state index contributed by atoms with van der Waals surface area (Å²) in [6.45, 7) is 6.39. The Morgan fingerprint density at radius 3 is 2.06 bits per heavy atom. The van der Waals surface area contributed by atoms with Gasteiger partial charge in [-0.1, -0.05) is 23.8 Å². The predicted octanol–water partition coefficient (Wildman–Crippen LogP) is 4.19. The zero-order valence-corrected chi connectivity index (χ0v) is 15.4. The summed E-state index contributed by atoms with van der Waals surface area (Å²) in [6, 6.07) is 6.52. The molecule has 2 rings (SSSR count). The van der Waals surface area contributed by atoms with Gasteiger partial charge >= 0.3 is 18.2 Å². The van der Waals surface area contributed by atoms with Crippen LogP contribution in [0.15, 0.2) is 18.2 Å². The average molecular weight is 376 g/mol. The Hall–Kier alpha value is 0.906. The number of rotatable bonds is 2. The molecule has 1 saturated heterocycles. The van der Waals surface area contributed by atoms with E-state index in [4.69, 9.17) is 4.74 Å². The predicted molar refractivity (Wildman–Crippen MR) is 84.7 cm³/mol. The fraction of sp³-hybridized carbons (Fsp3) is 0.538. The minimum Gasteiger partial charge on any atom is -0.381 e. The normalized spacial score (nSPS) is 13.1. The topological polar surface area (TPSA) is 9.23 Å². The fourth-order valence-corrected chi connectivity index (χ4v) is 4.02. The molecule has 17 heavy (non-hydrogen) atoms. The Morgan fingerprint density at radius 2 is 1.71 bits per heavy atom. The molecule has 0 N–H and O–H groups in total. The van der Waals surface area contributed by atoms with Crippen LogP contribution in [0.25, 0.3) is 0 Å². The van der Waals surface area contributed by atoms with Crippen LogP contribution in [0.3, 0.4) is 0 Å². The van der Waals surface area contributed by atoms with Gasteiger partial charge in [0.15, 0.2) is 0 Å². The second-order valence-corrected chi connectivity index (χ2v) is 7.39. The number of halogens is 2. The van der Waals surface area contributed by atoms with Crippen molar-refractivity contribution in [1.82, 2.24) is 0 Å². The van der Waals surface area contributed by atoms with Gasteiger partial charge in [-0.15, -0.1) is 21.5 Å². The van der Waals surface area contributed by atoms with E-state index in [1.807, 2.05) is 0 Å². The van der Waals surface area contributed by atoms with Gasteiger partial charge in [0.25, 0.3) is 0 Å². The van der Waals surface area contributed by atoms with E-state index in [0.29, 0.717) is 0 Å². The largest absolute Gasteiger partial charge is 0.473 e. The minimum atomic E-state index is -0.0146. The molecule has 0 radical (unpaired) electrons. The summed E-state index contributed by atoms with van der Waals surface area (Å²) in [7, 11) is 0. The van der Waals surface area contributed by atoms with E-state index < -0.39 is 0 Å². The minimum absolute atomic E-state index is 0. The molecular weight excluding hydrogens is 356 g/mol. The van der Waals surface area contributed by atoms with Crippen molar-refractivity contribution in [3.63, 3.8) is 0 Å². The molecule has 4 heteroatoms. The lowest BCUT2D eigenvalue weighted by Crippen LogP contribution is -1.95. The summed E-state index contributed by atoms with van der Waals surface area (Å²) >= 11 is 3.58. The number of ether oxygens (including phenoxy) is 1. The van der Waals surface area contributed by atoms with Crippen molar-refractivity contribution < 1.29 is 4.74 Å². The summed E-state index contributed by atoms with van der Waals surface area (Å²) in [4.78, 5) is 0. The van der Waals surface area contributed by atoms with Gasteiger partial charge in [0.1, 0.15) is 0 Å². The number of benzene rings is 1. The van der Waals surface area contributed by atoms with Crippen LogP contribution in [-0.2, 0) is 9.29 Å². The molecule has 0 aromatic heterocycles. The Bertz CT molecular complexity index is 286. The molecular formula is C13H20Br2MgO. The monoisotopic (exact) mass is 374 g/mol. The van der Waals surface area contributed by atoms with Crippen molar-refractivity contribution in [3.8, 4) is 0 Å².